The summed E-state index contributed by atoms with van der Waals surface area (Å²) in [6.07, 6.45) is 1.92. The van der Waals surface area contributed by atoms with Crippen LogP contribution in [0.3, 0.4) is 0 Å². The molecule has 4 aromatic rings. The van der Waals surface area contributed by atoms with E-state index in [2.05, 4.69) is 10.3 Å². The second-order valence-electron chi connectivity index (χ2n) is 5.74. The van der Waals surface area contributed by atoms with Crippen molar-refractivity contribution in [2.24, 2.45) is 0 Å². The molecule has 2 heterocycles. The fraction of sp³-hybridized carbons (Fsp3) is 0.0500. The number of aromatic hydroxyl groups is 1. The van der Waals surface area contributed by atoms with Crippen LogP contribution < -0.4 is 5.32 Å². The maximum absolute atomic E-state index is 13.1. The Morgan fingerprint density at radius 2 is 1.72 bits per heavy atom. The molecule has 0 fully saturated rings. The largest absolute Gasteiger partial charge is 0.507 e. The molecule has 124 valence electrons. The van der Waals surface area contributed by atoms with E-state index in [0.29, 0.717) is 17.8 Å². The van der Waals surface area contributed by atoms with Crippen LogP contribution in [-0.4, -0.2) is 14.5 Å². The molecule has 4 nitrogen and oxygen atoms in total. The van der Waals surface area contributed by atoms with E-state index in [1.165, 1.54) is 12.1 Å². The van der Waals surface area contributed by atoms with Gasteiger partial charge in [-0.3, -0.25) is 4.40 Å². The van der Waals surface area contributed by atoms with E-state index in [1.54, 1.807) is 24.3 Å². The van der Waals surface area contributed by atoms with E-state index in [4.69, 9.17) is 0 Å². The highest BCUT2D eigenvalue weighted by Gasteiger charge is 2.16. The van der Waals surface area contributed by atoms with Crippen molar-refractivity contribution < 1.29 is 9.50 Å². The van der Waals surface area contributed by atoms with Gasteiger partial charge in [0.2, 0.25) is 0 Å². The Labute approximate surface area is 144 Å². The van der Waals surface area contributed by atoms with Crippen LogP contribution in [0.2, 0.25) is 0 Å². The SMILES string of the molecule is Oc1ccccc1-c1nc2ccccn2c1NCc1ccc(F)cc1. The van der Waals surface area contributed by atoms with Gasteiger partial charge in [-0.15, -0.1) is 0 Å². The number of anilines is 1. The van der Waals surface area contributed by atoms with Crippen LogP contribution in [-0.2, 0) is 6.54 Å². The zero-order chi connectivity index (χ0) is 17.2. The van der Waals surface area contributed by atoms with Gasteiger partial charge in [0.15, 0.2) is 0 Å². The molecule has 0 unspecified atom stereocenters. The van der Waals surface area contributed by atoms with E-state index >= 15 is 0 Å². The number of aromatic nitrogens is 2. The molecule has 0 amide bonds. The number of nitrogens with zero attached hydrogens (tertiary/aromatic N) is 2. The molecule has 0 atom stereocenters. The van der Waals surface area contributed by atoms with Crippen LogP contribution in [0.15, 0.2) is 72.9 Å². The van der Waals surface area contributed by atoms with Gasteiger partial charge in [0.25, 0.3) is 0 Å². The number of para-hydroxylation sites is 1. The van der Waals surface area contributed by atoms with Gasteiger partial charge in [0.1, 0.15) is 28.7 Å². The predicted molar refractivity (Wildman–Crippen MR) is 96.0 cm³/mol. The molecule has 2 aromatic heterocycles. The lowest BCUT2D eigenvalue weighted by Gasteiger charge is -2.10. The summed E-state index contributed by atoms with van der Waals surface area (Å²) < 4.78 is 15.0. The lowest BCUT2D eigenvalue weighted by atomic mass is 10.1. The molecule has 0 spiro atoms. The van der Waals surface area contributed by atoms with Gasteiger partial charge in [0.05, 0.1) is 0 Å². The molecular weight excluding hydrogens is 317 g/mol. The van der Waals surface area contributed by atoms with E-state index in [9.17, 15) is 9.50 Å². The van der Waals surface area contributed by atoms with Crippen LogP contribution in [0.5, 0.6) is 5.75 Å². The second kappa shape index (κ2) is 6.28. The van der Waals surface area contributed by atoms with Crippen LogP contribution in [0.1, 0.15) is 5.56 Å². The number of imidazole rings is 1. The maximum atomic E-state index is 13.1. The van der Waals surface area contributed by atoms with Crippen molar-refractivity contribution in [1.82, 2.24) is 9.38 Å². The Kier molecular flexibility index (Phi) is 3.82. The van der Waals surface area contributed by atoms with Gasteiger partial charge in [-0.1, -0.05) is 30.3 Å². The highest BCUT2D eigenvalue weighted by atomic mass is 19.1. The smallest absolute Gasteiger partial charge is 0.139 e. The van der Waals surface area contributed by atoms with Crippen molar-refractivity contribution in [3.63, 3.8) is 0 Å². The Bertz CT molecular complexity index is 1020. The zero-order valence-corrected chi connectivity index (χ0v) is 13.4. The lowest BCUT2D eigenvalue weighted by molar-refractivity contribution is 0.477. The van der Waals surface area contributed by atoms with E-state index in [0.717, 1.165) is 17.0 Å². The number of rotatable bonds is 4. The number of nitrogens with one attached hydrogen (secondary N) is 1. The van der Waals surface area contributed by atoms with Crippen molar-refractivity contribution in [3.8, 4) is 17.0 Å². The van der Waals surface area contributed by atoms with Crippen molar-refractivity contribution in [2.75, 3.05) is 5.32 Å². The molecular formula is C20H16FN3O. The topological polar surface area (TPSA) is 49.6 Å². The molecule has 0 bridgehead atoms. The molecule has 2 aromatic carbocycles. The number of phenolic OH excluding ortho intramolecular Hbond substituents is 1. The number of fused-ring (bicyclic) bond motifs is 1. The number of pyridine rings is 1. The average Bonchev–Trinajstić information content (AvgIpc) is 3.00. The fourth-order valence-electron chi connectivity index (χ4n) is 2.81. The van der Waals surface area contributed by atoms with Crippen LogP contribution in [0.4, 0.5) is 10.2 Å². The highest BCUT2D eigenvalue weighted by Crippen LogP contribution is 2.34. The molecule has 0 saturated heterocycles. The first-order chi connectivity index (χ1) is 12.2. The molecule has 4 rings (SSSR count). The Morgan fingerprint density at radius 3 is 2.52 bits per heavy atom. The van der Waals surface area contributed by atoms with Gasteiger partial charge < -0.3 is 10.4 Å². The third kappa shape index (κ3) is 2.92. The van der Waals surface area contributed by atoms with Gasteiger partial charge in [-0.25, -0.2) is 9.37 Å². The summed E-state index contributed by atoms with van der Waals surface area (Å²) in [7, 11) is 0. The van der Waals surface area contributed by atoms with Crippen molar-refractivity contribution >= 4 is 11.5 Å². The highest BCUT2D eigenvalue weighted by molar-refractivity contribution is 5.80. The number of benzene rings is 2. The summed E-state index contributed by atoms with van der Waals surface area (Å²) in [5.74, 6) is 0.700. The number of phenols is 1. The Morgan fingerprint density at radius 1 is 0.960 bits per heavy atom. The summed E-state index contributed by atoms with van der Waals surface area (Å²) in [4.78, 5) is 4.65. The van der Waals surface area contributed by atoms with Crippen LogP contribution >= 0.6 is 0 Å². The maximum Gasteiger partial charge on any atom is 0.139 e. The average molecular weight is 333 g/mol. The lowest BCUT2D eigenvalue weighted by Crippen LogP contribution is -2.03. The van der Waals surface area contributed by atoms with E-state index < -0.39 is 0 Å². The molecule has 5 heteroatoms. The number of halogens is 1. The van der Waals surface area contributed by atoms with Crippen molar-refractivity contribution in [2.45, 2.75) is 6.54 Å². The van der Waals surface area contributed by atoms with Crippen molar-refractivity contribution in [1.29, 1.82) is 0 Å². The molecule has 2 N–H and O–H groups in total. The third-order valence-electron chi connectivity index (χ3n) is 4.06. The second-order valence-corrected chi connectivity index (χ2v) is 5.74. The molecule has 0 saturated carbocycles. The molecule has 0 radical (unpaired) electrons. The van der Waals surface area contributed by atoms with E-state index in [-0.39, 0.29) is 11.6 Å². The zero-order valence-electron chi connectivity index (χ0n) is 13.4. The van der Waals surface area contributed by atoms with Gasteiger partial charge >= 0.3 is 0 Å². The predicted octanol–water partition coefficient (Wildman–Crippen LogP) is 4.46. The minimum Gasteiger partial charge on any atom is -0.507 e. The first kappa shape index (κ1) is 15.2. The van der Waals surface area contributed by atoms with Crippen LogP contribution in [0.25, 0.3) is 16.9 Å². The molecule has 0 aliphatic carbocycles. The summed E-state index contributed by atoms with van der Waals surface area (Å²) in [6.45, 7) is 0.517. The summed E-state index contributed by atoms with van der Waals surface area (Å²) in [6, 6.07) is 19.2. The standard InChI is InChI=1S/C20H16FN3O/c21-15-10-8-14(9-11-15)13-22-20-19(16-5-1-2-6-17(16)25)23-18-7-3-4-12-24(18)20/h1-12,22,25H,13H2. The number of hydrogen-bond acceptors (Lipinski definition) is 3. The quantitative estimate of drug-likeness (QED) is 0.580. The van der Waals surface area contributed by atoms with E-state index in [1.807, 2.05) is 40.9 Å². The van der Waals surface area contributed by atoms with Crippen LogP contribution in [0, 0.1) is 5.82 Å². The summed E-state index contributed by atoms with van der Waals surface area (Å²) in [5.41, 5.74) is 3.07. The third-order valence-corrected chi connectivity index (χ3v) is 4.06. The van der Waals surface area contributed by atoms with Crippen molar-refractivity contribution in [3.05, 3.63) is 84.3 Å². The normalized spacial score (nSPS) is 10.9. The monoisotopic (exact) mass is 333 g/mol. The number of hydrogen-bond donors (Lipinski definition) is 2. The minimum absolute atomic E-state index is 0.177. The summed E-state index contributed by atoms with van der Waals surface area (Å²) >= 11 is 0. The van der Waals surface area contributed by atoms with Gasteiger partial charge in [-0.2, -0.15) is 0 Å². The molecule has 0 aliphatic heterocycles. The molecule has 0 aliphatic rings. The van der Waals surface area contributed by atoms with Gasteiger partial charge in [0, 0.05) is 18.3 Å². The fourth-order valence-corrected chi connectivity index (χ4v) is 2.81. The summed E-state index contributed by atoms with van der Waals surface area (Å²) in [5, 5.41) is 13.6. The Balaban J connectivity index is 1.77. The first-order valence-corrected chi connectivity index (χ1v) is 7.96. The first-order valence-electron chi connectivity index (χ1n) is 7.96. The van der Waals surface area contributed by atoms with Gasteiger partial charge in [-0.05, 0) is 42.0 Å². The minimum atomic E-state index is -0.256. The Hall–Kier alpha value is -3.34. The molecule has 25 heavy (non-hydrogen) atoms.